The number of carbonyl (C=O) groups excluding carboxylic acids is 6. The number of Topliss-reactive ketones (excluding diaryl/α,β-unsaturated/α-hetero) is 2. The van der Waals surface area contributed by atoms with Crippen LogP contribution in [0.2, 0.25) is 8.87 Å². The molecule has 4 atom stereocenters. The van der Waals surface area contributed by atoms with Crippen molar-refractivity contribution < 1.29 is 49.2 Å². The summed E-state index contributed by atoms with van der Waals surface area (Å²) in [5, 5.41) is 43.6. The summed E-state index contributed by atoms with van der Waals surface area (Å²) in [5.41, 5.74) is 0. The first-order chi connectivity index (χ1) is 51.4. The van der Waals surface area contributed by atoms with Crippen LogP contribution in [-0.4, -0.2) is 104 Å². The molecule has 4 unspecified atom stereocenters. The Labute approximate surface area is 731 Å². The third-order valence-electron chi connectivity index (χ3n) is 18.9. The van der Waals surface area contributed by atoms with Crippen LogP contribution in [0.4, 0.5) is 0 Å². The topological polar surface area (TPSA) is 195 Å². The second-order valence-electron chi connectivity index (χ2n) is 29.3. The largest absolute Gasteiger partial charge is 2.00 e. The number of unbranched alkanes of at least 4 members (excludes halogenated alkanes) is 40. The Morgan fingerprint density at radius 2 is 0.398 bits per heavy atom. The summed E-state index contributed by atoms with van der Waals surface area (Å²) < 4.78 is 2.43. The number of ketones is 2. The molecule has 108 heavy (non-hydrogen) atoms. The monoisotopic (exact) mass is 1840 g/mol. The molecule has 0 spiro atoms. The van der Waals surface area contributed by atoms with Crippen molar-refractivity contribution in [1.82, 2.24) is 0 Å². The van der Waals surface area contributed by atoms with Gasteiger partial charge in [-0.05, 0) is 201 Å². The molecule has 0 aromatic heterocycles. The van der Waals surface area contributed by atoms with Crippen LogP contribution in [0.5, 0.6) is 0 Å². The van der Waals surface area contributed by atoms with Gasteiger partial charge in [-0.2, -0.15) is 50.5 Å². The van der Waals surface area contributed by atoms with Gasteiger partial charge >= 0.3 is 115 Å². The van der Waals surface area contributed by atoms with Crippen molar-refractivity contribution >= 4 is 158 Å². The minimum Gasteiger partial charge on any atom is -2.00 e. The Morgan fingerprint density at radius 3 is 0.519 bits per heavy atom. The third-order valence-corrected chi connectivity index (χ3v) is 22.0. The van der Waals surface area contributed by atoms with E-state index in [4.69, 9.17) is 0 Å². The molecule has 0 aromatic carbocycles. The first-order valence-corrected chi connectivity index (χ1v) is 50.1. The molecule has 10 nitrogen and oxygen atoms in total. The van der Waals surface area contributed by atoms with Crippen LogP contribution in [0.3, 0.4) is 0 Å². The predicted octanol–water partition coefficient (Wildman–Crippen LogP) is 23.2. The van der Waals surface area contributed by atoms with E-state index >= 15 is 0 Å². The van der Waals surface area contributed by atoms with E-state index in [1.54, 1.807) is 13.8 Å². The van der Waals surface area contributed by atoms with E-state index in [1.165, 1.54) is 285 Å². The summed E-state index contributed by atoms with van der Waals surface area (Å²) in [6, 6.07) is 0. The summed E-state index contributed by atoms with van der Waals surface area (Å²) >= 11 is 19.5. The van der Waals surface area contributed by atoms with Crippen LogP contribution in [0.1, 0.15) is 427 Å². The Bertz CT molecular complexity index is 1700. The first-order valence-electron chi connectivity index (χ1n) is 43.6. The minimum absolute atomic E-state index is 0. The van der Waals surface area contributed by atoms with Gasteiger partial charge in [-0.3, -0.25) is 0 Å². The van der Waals surface area contributed by atoms with Crippen molar-refractivity contribution in [2.75, 3.05) is 23.0 Å². The summed E-state index contributed by atoms with van der Waals surface area (Å²) in [6.45, 7) is 12.3. The van der Waals surface area contributed by atoms with Crippen molar-refractivity contribution in [2.45, 2.75) is 436 Å². The number of carboxylic acid groups (broad SMARTS) is 4. The van der Waals surface area contributed by atoms with Gasteiger partial charge in [-0.15, -0.1) is 0 Å². The number of carbonyl (C=O) groups is 6. The molecule has 0 aliphatic carbocycles. The van der Waals surface area contributed by atoms with Crippen LogP contribution in [0.25, 0.3) is 0 Å². The number of thiol groups is 4. The number of rotatable bonds is 74. The summed E-state index contributed by atoms with van der Waals surface area (Å²) in [7, 11) is 0. The second kappa shape index (κ2) is 111. The maximum absolute atomic E-state index is 10.9. The predicted molar refractivity (Wildman–Crippen MR) is 483 cm³/mol. The molecule has 2 radical (unpaired) electrons. The third kappa shape index (κ3) is 117. The van der Waals surface area contributed by atoms with Crippen molar-refractivity contribution in [3.8, 4) is 0 Å². The fraction of sp³-hybridized carbons (Fsp3) is 0.844. The van der Waals surface area contributed by atoms with Gasteiger partial charge in [-0.25, -0.2) is 0 Å². The SMILES string of the molecule is CC(=O)CC[CH2][Sn+2].CC(=O)CC[CH2][Sn+2].CCCCCCCC/C=C\CCCCCCC(CCS)C(=O)[O-].CCCCCCCC/C=C\CCCCCCC(CCS)C(=O)[O-].CCCCCCCC/C=C\CCCCCCC(CCS)C(=O)[O-].CCCCCCCC/C=C\CCCCCCC(CCS)C(=O)[O-].[S-2].[S-2]. The molecule has 634 valence electrons. The number of hydrogen-bond acceptors (Lipinski definition) is 14. The van der Waals surface area contributed by atoms with Gasteiger partial charge in [0, 0.05) is 23.9 Å². The van der Waals surface area contributed by atoms with Gasteiger partial charge in [-0.1, -0.05) is 282 Å². The van der Waals surface area contributed by atoms with Crippen LogP contribution in [0, 0.1) is 23.7 Å². The molecule has 0 rings (SSSR count). The smallest absolute Gasteiger partial charge is 0.0445 e. The normalized spacial score (nSPS) is 12.0. The van der Waals surface area contributed by atoms with Crippen molar-refractivity contribution in [3.63, 3.8) is 0 Å². The molecule has 0 N–H and O–H groups in total. The average molecular weight is 1840 g/mol. The fourth-order valence-electron chi connectivity index (χ4n) is 12.0. The van der Waals surface area contributed by atoms with E-state index in [0.29, 0.717) is 60.3 Å². The van der Waals surface area contributed by atoms with Gasteiger partial charge in [0.15, 0.2) is 0 Å². The van der Waals surface area contributed by atoms with Gasteiger partial charge in [0.25, 0.3) is 0 Å². The summed E-state index contributed by atoms with van der Waals surface area (Å²) in [6.07, 6.45) is 88.3. The first kappa shape index (κ1) is 124. The molecule has 0 aromatic rings. The minimum atomic E-state index is -0.906. The maximum Gasteiger partial charge on any atom is 0.0445 e. The Morgan fingerprint density at radius 1 is 0.250 bits per heavy atom. The van der Waals surface area contributed by atoms with Gasteiger partial charge in [0.2, 0.25) is 0 Å². The van der Waals surface area contributed by atoms with Crippen LogP contribution < -0.4 is 20.4 Å². The molecule has 0 saturated heterocycles. The van der Waals surface area contributed by atoms with Crippen molar-refractivity contribution in [3.05, 3.63) is 48.6 Å². The zero-order valence-electron chi connectivity index (χ0n) is 70.3. The molecular formula is C90H166O10S6Sn2-4. The molecule has 0 saturated carbocycles. The van der Waals surface area contributed by atoms with E-state index in [9.17, 15) is 49.2 Å². The zero-order valence-corrected chi connectivity index (χ0v) is 81.2. The Hall–Kier alpha value is -0.123. The van der Waals surface area contributed by atoms with Gasteiger partial charge in [0.1, 0.15) is 0 Å². The van der Waals surface area contributed by atoms with Crippen LogP contribution >= 0.6 is 50.5 Å². The molecular weight excluding hydrogens is 1670 g/mol. The van der Waals surface area contributed by atoms with Crippen molar-refractivity contribution in [2.24, 2.45) is 23.7 Å². The Balaban J connectivity index is -0.000000192. The second-order valence-corrected chi connectivity index (χ2v) is 33.9. The molecule has 0 aliphatic heterocycles. The molecule has 0 aliphatic rings. The molecule has 0 amide bonds. The molecule has 0 bridgehead atoms. The average Bonchev–Trinajstić information content (AvgIpc) is 1.01. The fourth-order valence-corrected chi connectivity index (χ4v) is 14.2. The van der Waals surface area contributed by atoms with E-state index in [1.807, 2.05) is 0 Å². The van der Waals surface area contributed by atoms with Crippen LogP contribution in [0.15, 0.2) is 48.6 Å². The maximum atomic E-state index is 10.9. The summed E-state index contributed by atoms with van der Waals surface area (Å²) in [5.74, 6) is -1.68. The van der Waals surface area contributed by atoms with Crippen molar-refractivity contribution in [1.29, 1.82) is 0 Å². The standard InChI is InChI=1S/4C20H38O2S.2C5H9O.2S.2Sn/c4*1-2-3-4-5-6-7-8-9-10-11-12-13-14-15-16-19(17-18-23)20(21)22;2*1-3-4-5(2)6;;;;/h4*9-10,19,23H,2-8,11-18H2,1H3,(H,21,22);2*1,3-4H2,2H3;;;;/q;;;;;;2*-2;2*+2/p-4/b4*10-9-;;;;;;. The molecule has 18 heteroatoms. The number of hydrogen-bond donors (Lipinski definition) is 4. The van der Waals surface area contributed by atoms with Gasteiger partial charge in [0.05, 0.1) is 0 Å². The van der Waals surface area contributed by atoms with Gasteiger partial charge < -0.3 is 66.6 Å². The molecule has 0 heterocycles. The summed E-state index contributed by atoms with van der Waals surface area (Å²) in [4.78, 5) is 64.0. The zero-order chi connectivity index (χ0) is 80.1. The quantitative estimate of drug-likeness (QED) is 0.0197. The van der Waals surface area contributed by atoms with E-state index in [-0.39, 0.29) is 50.7 Å². The van der Waals surface area contributed by atoms with E-state index in [0.717, 1.165) is 128 Å². The Kier molecular flexibility index (Phi) is 127. The molecule has 0 fully saturated rings. The number of allylic oxidation sites excluding steroid dienone is 8. The van der Waals surface area contributed by atoms with E-state index in [2.05, 4.69) is 127 Å². The van der Waals surface area contributed by atoms with Crippen LogP contribution in [-0.2, 0) is 55.8 Å². The number of carboxylic acids is 4. The van der Waals surface area contributed by atoms with E-state index < -0.39 is 23.9 Å². The number of aliphatic carboxylic acids is 4.